The summed E-state index contributed by atoms with van der Waals surface area (Å²) >= 11 is 0. The Balaban J connectivity index is 5.36. The van der Waals surface area contributed by atoms with E-state index in [-0.39, 0.29) is 13.2 Å². The maximum absolute atomic E-state index is 10.7. The molecule has 0 aromatic heterocycles. The summed E-state index contributed by atoms with van der Waals surface area (Å²) in [6, 6.07) is 0. The van der Waals surface area contributed by atoms with Gasteiger partial charge in [0.15, 0.2) is 0 Å². The van der Waals surface area contributed by atoms with Crippen LogP contribution in [0, 0.1) is 10.8 Å². The molecular weight excluding hydrogens is 256 g/mol. The minimum absolute atomic E-state index is 0.137. The molecule has 0 aromatic rings. The van der Waals surface area contributed by atoms with Gasteiger partial charge < -0.3 is 20.4 Å². The van der Waals surface area contributed by atoms with Gasteiger partial charge >= 0.3 is 0 Å². The third-order valence-electron chi connectivity index (χ3n) is 5.09. The van der Waals surface area contributed by atoms with Crippen LogP contribution >= 0.6 is 0 Å². The highest BCUT2D eigenvalue weighted by molar-refractivity contribution is 4.97. The normalized spacial score (nSPS) is 16.2. The van der Waals surface area contributed by atoms with Crippen molar-refractivity contribution in [1.29, 1.82) is 0 Å². The number of rotatable bonds is 11. The molecule has 0 aromatic carbocycles. The summed E-state index contributed by atoms with van der Waals surface area (Å²) in [4.78, 5) is 0. The van der Waals surface area contributed by atoms with E-state index in [2.05, 4.69) is 0 Å². The van der Waals surface area contributed by atoms with Crippen molar-refractivity contribution < 1.29 is 20.4 Å². The largest absolute Gasteiger partial charge is 0.396 e. The molecule has 4 nitrogen and oxygen atoms in total. The van der Waals surface area contributed by atoms with Gasteiger partial charge in [-0.3, -0.25) is 0 Å². The minimum Gasteiger partial charge on any atom is -0.396 e. The average Bonchev–Trinajstić information content (AvgIpc) is 2.48. The SMILES string of the molecule is CCCC(CO)(CCC)C(O)C(O)C(CC)(CC)CO. The van der Waals surface area contributed by atoms with E-state index in [1.165, 1.54) is 0 Å². The van der Waals surface area contributed by atoms with Crippen molar-refractivity contribution in [2.24, 2.45) is 10.8 Å². The van der Waals surface area contributed by atoms with E-state index >= 15 is 0 Å². The average molecular weight is 290 g/mol. The molecule has 0 fully saturated rings. The van der Waals surface area contributed by atoms with Crippen molar-refractivity contribution in [3.63, 3.8) is 0 Å². The van der Waals surface area contributed by atoms with Gasteiger partial charge in [0.1, 0.15) is 0 Å². The van der Waals surface area contributed by atoms with E-state index in [0.29, 0.717) is 25.7 Å². The third-order valence-corrected chi connectivity index (χ3v) is 5.09. The molecule has 0 amide bonds. The van der Waals surface area contributed by atoms with Gasteiger partial charge in [0.05, 0.1) is 25.4 Å². The lowest BCUT2D eigenvalue weighted by atomic mass is 9.66. The van der Waals surface area contributed by atoms with Gasteiger partial charge in [-0.1, -0.05) is 40.5 Å². The van der Waals surface area contributed by atoms with Crippen LogP contribution in [-0.4, -0.2) is 45.8 Å². The van der Waals surface area contributed by atoms with Crippen molar-refractivity contribution in [3.05, 3.63) is 0 Å². The summed E-state index contributed by atoms with van der Waals surface area (Å²) in [5.41, 5.74) is -1.37. The second kappa shape index (κ2) is 8.98. The van der Waals surface area contributed by atoms with E-state index < -0.39 is 23.0 Å². The molecule has 0 saturated heterocycles. The van der Waals surface area contributed by atoms with Crippen molar-refractivity contribution in [2.45, 2.75) is 78.4 Å². The molecular formula is C16H34O4. The smallest absolute Gasteiger partial charge is 0.0883 e. The molecule has 0 saturated carbocycles. The van der Waals surface area contributed by atoms with E-state index in [1.54, 1.807) is 0 Å². The van der Waals surface area contributed by atoms with E-state index in [1.807, 2.05) is 27.7 Å². The first-order chi connectivity index (χ1) is 9.43. The van der Waals surface area contributed by atoms with Gasteiger partial charge in [-0.15, -0.1) is 0 Å². The Morgan fingerprint density at radius 2 is 1.05 bits per heavy atom. The Morgan fingerprint density at radius 3 is 1.30 bits per heavy atom. The van der Waals surface area contributed by atoms with Gasteiger partial charge in [0.25, 0.3) is 0 Å². The predicted octanol–water partition coefficient (Wildman–Crippen LogP) is 2.09. The molecule has 20 heavy (non-hydrogen) atoms. The molecule has 0 spiro atoms. The second-order valence-corrected chi connectivity index (χ2v) is 6.14. The first-order valence-electron chi connectivity index (χ1n) is 8.01. The van der Waals surface area contributed by atoms with Crippen LogP contribution in [-0.2, 0) is 0 Å². The summed E-state index contributed by atoms with van der Waals surface area (Å²) < 4.78 is 0. The zero-order valence-corrected chi connectivity index (χ0v) is 13.6. The molecule has 0 heterocycles. The summed E-state index contributed by atoms with van der Waals surface area (Å²) in [5, 5.41) is 40.8. The quantitative estimate of drug-likeness (QED) is 0.470. The molecule has 4 heteroatoms. The molecule has 2 unspecified atom stereocenters. The van der Waals surface area contributed by atoms with Crippen LogP contribution in [0.15, 0.2) is 0 Å². The van der Waals surface area contributed by atoms with Crippen molar-refractivity contribution >= 4 is 0 Å². The van der Waals surface area contributed by atoms with Crippen LogP contribution in [0.1, 0.15) is 66.2 Å². The standard InChI is InChI=1S/C16H34O4/c1-5-9-16(12-18,10-6-2)14(20)13(19)15(7-3,8-4)11-17/h13-14,17-20H,5-12H2,1-4H3. The predicted molar refractivity (Wildman–Crippen MR) is 81.4 cm³/mol. The number of hydrogen-bond donors (Lipinski definition) is 4. The number of aliphatic hydroxyl groups excluding tert-OH is 4. The Bertz CT molecular complexity index is 237. The molecule has 4 N–H and O–H groups in total. The zero-order valence-electron chi connectivity index (χ0n) is 13.6. The van der Waals surface area contributed by atoms with Gasteiger partial charge in [0.2, 0.25) is 0 Å². The number of aliphatic hydroxyl groups is 4. The van der Waals surface area contributed by atoms with Gasteiger partial charge in [-0.25, -0.2) is 0 Å². The Labute approximate surface area is 123 Å². The van der Waals surface area contributed by atoms with Gasteiger partial charge in [-0.05, 0) is 25.7 Å². The van der Waals surface area contributed by atoms with Gasteiger partial charge in [0, 0.05) is 10.8 Å². The summed E-state index contributed by atoms with van der Waals surface area (Å²) in [5.74, 6) is 0. The van der Waals surface area contributed by atoms with Crippen LogP contribution in [0.25, 0.3) is 0 Å². The second-order valence-electron chi connectivity index (χ2n) is 6.14. The summed E-state index contributed by atoms with van der Waals surface area (Å²) in [7, 11) is 0. The highest BCUT2D eigenvalue weighted by atomic mass is 16.3. The van der Waals surface area contributed by atoms with Crippen molar-refractivity contribution in [3.8, 4) is 0 Å². The molecule has 0 bridgehead atoms. The molecule has 0 aliphatic heterocycles. The van der Waals surface area contributed by atoms with E-state index in [9.17, 15) is 20.4 Å². The highest BCUT2D eigenvalue weighted by Crippen LogP contribution is 2.41. The Morgan fingerprint density at radius 1 is 0.700 bits per heavy atom. The fourth-order valence-electron chi connectivity index (χ4n) is 3.32. The topological polar surface area (TPSA) is 80.9 Å². The first-order valence-corrected chi connectivity index (χ1v) is 8.01. The van der Waals surface area contributed by atoms with Crippen molar-refractivity contribution in [2.75, 3.05) is 13.2 Å². The van der Waals surface area contributed by atoms with Crippen LogP contribution in [0.4, 0.5) is 0 Å². The third kappa shape index (κ3) is 3.94. The zero-order chi connectivity index (χ0) is 15.8. The van der Waals surface area contributed by atoms with Crippen molar-refractivity contribution in [1.82, 2.24) is 0 Å². The van der Waals surface area contributed by atoms with E-state index in [0.717, 1.165) is 12.8 Å². The van der Waals surface area contributed by atoms with Crippen LogP contribution in [0.5, 0.6) is 0 Å². The van der Waals surface area contributed by atoms with Crippen LogP contribution in [0.3, 0.4) is 0 Å². The monoisotopic (exact) mass is 290 g/mol. The first kappa shape index (κ1) is 19.8. The fourth-order valence-corrected chi connectivity index (χ4v) is 3.32. The molecule has 0 aliphatic rings. The lowest BCUT2D eigenvalue weighted by molar-refractivity contribution is -0.151. The molecule has 122 valence electrons. The number of hydrogen-bond acceptors (Lipinski definition) is 4. The summed E-state index contributed by atoms with van der Waals surface area (Å²) in [6.07, 6.45) is 2.18. The molecule has 0 rings (SSSR count). The van der Waals surface area contributed by atoms with E-state index in [4.69, 9.17) is 0 Å². The lowest BCUT2D eigenvalue weighted by Crippen LogP contribution is -2.54. The molecule has 0 radical (unpaired) electrons. The Kier molecular flexibility index (Phi) is 8.91. The maximum atomic E-state index is 10.7. The summed E-state index contributed by atoms with van der Waals surface area (Å²) in [6.45, 7) is 7.56. The maximum Gasteiger partial charge on any atom is 0.0883 e. The van der Waals surface area contributed by atoms with Crippen LogP contribution in [0.2, 0.25) is 0 Å². The molecule has 0 aliphatic carbocycles. The van der Waals surface area contributed by atoms with Crippen LogP contribution < -0.4 is 0 Å². The molecule has 2 atom stereocenters. The highest BCUT2D eigenvalue weighted by Gasteiger charge is 2.47. The van der Waals surface area contributed by atoms with Gasteiger partial charge in [-0.2, -0.15) is 0 Å². The minimum atomic E-state index is -1.02. The lowest BCUT2D eigenvalue weighted by Gasteiger charge is -2.45. The fraction of sp³-hybridized carbons (Fsp3) is 1.00. The Hall–Kier alpha value is -0.160.